The Balaban J connectivity index is 2.10. The van der Waals surface area contributed by atoms with Crippen LogP contribution in [0.3, 0.4) is 0 Å². The molecule has 4 nitrogen and oxygen atoms in total. The van der Waals surface area contributed by atoms with Gasteiger partial charge in [0.15, 0.2) is 0 Å². The molecule has 112 valence electrons. The van der Waals surface area contributed by atoms with Gasteiger partial charge in [-0.2, -0.15) is 0 Å². The molecule has 2 rings (SSSR count). The molecule has 1 aliphatic rings. The Kier molecular flexibility index (Phi) is 5.32. The number of benzene rings is 1. The molecule has 0 spiro atoms. The molecule has 0 aromatic heterocycles. The number of likely N-dealkylation sites (tertiary alicyclic amines) is 1. The van der Waals surface area contributed by atoms with Gasteiger partial charge in [0, 0.05) is 25.1 Å². The van der Waals surface area contributed by atoms with Gasteiger partial charge < -0.3 is 10.8 Å². The Morgan fingerprint density at radius 3 is 3.00 bits per heavy atom. The molecule has 1 aromatic rings. The zero-order valence-corrected chi connectivity index (χ0v) is 11.8. The lowest BCUT2D eigenvalue weighted by Crippen LogP contribution is -2.27. The first-order chi connectivity index (χ1) is 10.1. The SMILES string of the molecule is NC(=O)C1CCN(Cc2ccc(F)cc2C#CCCO)C1. The van der Waals surface area contributed by atoms with Gasteiger partial charge in [-0.25, -0.2) is 4.39 Å². The number of halogens is 1. The van der Waals surface area contributed by atoms with Crippen molar-refractivity contribution in [3.05, 3.63) is 35.1 Å². The summed E-state index contributed by atoms with van der Waals surface area (Å²) in [4.78, 5) is 13.3. The van der Waals surface area contributed by atoms with E-state index in [1.807, 2.05) is 0 Å². The standard InChI is InChI=1S/C16H19FN2O2/c17-15-5-4-13(12(9-15)3-1-2-8-20)10-19-7-6-14(11-19)16(18)21/h4-5,9,14,20H,2,6-8,10-11H2,(H2,18,21). The van der Waals surface area contributed by atoms with Crippen LogP contribution < -0.4 is 5.73 Å². The van der Waals surface area contributed by atoms with Crippen molar-refractivity contribution < 1.29 is 14.3 Å². The van der Waals surface area contributed by atoms with Crippen LogP contribution in [0, 0.1) is 23.6 Å². The van der Waals surface area contributed by atoms with Crippen LogP contribution in [0.15, 0.2) is 18.2 Å². The highest BCUT2D eigenvalue weighted by Gasteiger charge is 2.26. The maximum atomic E-state index is 13.3. The third-order valence-electron chi connectivity index (χ3n) is 3.60. The molecule has 1 heterocycles. The van der Waals surface area contributed by atoms with Gasteiger partial charge >= 0.3 is 0 Å². The van der Waals surface area contributed by atoms with Crippen LogP contribution in [0.2, 0.25) is 0 Å². The van der Waals surface area contributed by atoms with Crippen LogP contribution in [-0.2, 0) is 11.3 Å². The van der Waals surface area contributed by atoms with E-state index in [1.54, 1.807) is 6.07 Å². The smallest absolute Gasteiger partial charge is 0.221 e. The van der Waals surface area contributed by atoms with Crippen molar-refractivity contribution in [2.24, 2.45) is 11.7 Å². The van der Waals surface area contributed by atoms with Gasteiger partial charge in [0.05, 0.1) is 12.5 Å². The number of hydrogen-bond donors (Lipinski definition) is 2. The molecular weight excluding hydrogens is 271 g/mol. The third-order valence-corrected chi connectivity index (χ3v) is 3.60. The minimum absolute atomic E-state index is 0.00986. The fourth-order valence-corrected chi connectivity index (χ4v) is 2.47. The lowest BCUT2D eigenvalue weighted by Gasteiger charge is -2.16. The number of amides is 1. The predicted molar refractivity (Wildman–Crippen MR) is 77.6 cm³/mol. The molecule has 1 unspecified atom stereocenters. The number of carbonyl (C=O) groups is 1. The zero-order chi connectivity index (χ0) is 15.2. The van der Waals surface area contributed by atoms with E-state index in [0.717, 1.165) is 18.5 Å². The average molecular weight is 290 g/mol. The molecule has 1 amide bonds. The first-order valence-corrected chi connectivity index (χ1v) is 7.00. The van der Waals surface area contributed by atoms with E-state index >= 15 is 0 Å². The highest BCUT2D eigenvalue weighted by Crippen LogP contribution is 2.20. The first kappa shape index (κ1) is 15.5. The topological polar surface area (TPSA) is 66.6 Å². The van der Waals surface area contributed by atoms with Crippen LogP contribution in [-0.4, -0.2) is 35.6 Å². The Morgan fingerprint density at radius 1 is 1.52 bits per heavy atom. The second-order valence-corrected chi connectivity index (χ2v) is 5.20. The highest BCUT2D eigenvalue weighted by molar-refractivity contribution is 5.77. The summed E-state index contributed by atoms with van der Waals surface area (Å²) >= 11 is 0. The molecule has 0 radical (unpaired) electrons. The van der Waals surface area contributed by atoms with Crippen molar-refractivity contribution in [1.82, 2.24) is 4.90 Å². The molecule has 1 saturated heterocycles. The summed E-state index contributed by atoms with van der Waals surface area (Å²) < 4.78 is 13.3. The first-order valence-electron chi connectivity index (χ1n) is 7.00. The monoisotopic (exact) mass is 290 g/mol. The quantitative estimate of drug-likeness (QED) is 0.809. The molecule has 0 bridgehead atoms. The van der Waals surface area contributed by atoms with Crippen LogP contribution in [0.5, 0.6) is 0 Å². The van der Waals surface area contributed by atoms with Crippen LogP contribution in [0.1, 0.15) is 24.0 Å². The maximum absolute atomic E-state index is 13.3. The van der Waals surface area contributed by atoms with Crippen molar-refractivity contribution >= 4 is 5.91 Å². The van der Waals surface area contributed by atoms with E-state index in [4.69, 9.17) is 10.8 Å². The normalized spacial score (nSPS) is 18.3. The Morgan fingerprint density at radius 2 is 2.33 bits per heavy atom. The predicted octanol–water partition coefficient (Wildman–Crippen LogP) is 0.867. The largest absolute Gasteiger partial charge is 0.395 e. The number of rotatable bonds is 4. The van der Waals surface area contributed by atoms with Crippen molar-refractivity contribution in [3.8, 4) is 11.8 Å². The summed E-state index contributed by atoms with van der Waals surface area (Å²) in [6, 6.07) is 4.53. The molecular formula is C16H19FN2O2. The molecule has 3 N–H and O–H groups in total. The number of hydrogen-bond acceptors (Lipinski definition) is 3. The van der Waals surface area contributed by atoms with Gasteiger partial charge in [0.1, 0.15) is 5.82 Å². The number of nitrogens with zero attached hydrogens (tertiary/aromatic N) is 1. The summed E-state index contributed by atoms with van der Waals surface area (Å²) in [6.07, 6.45) is 1.13. The molecule has 5 heteroatoms. The molecule has 1 aromatic carbocycles. The van der Waals surface area contributed by atoms with Crippen molar-refractivity contribution in [2.75, 3.05) is 19.7 Å². The Hall–Kier alpha value is -1.90. The van der Waals surface area contributed by atoms with Gasteiger partial charge in [0.2, 0.25) is 5.91 Å². The molecule has 0 saturated carbocycles. The molecule has 21 heavy (non-hydrogen) atoms. The Labute approximate surface area is 123 Å². The van der Waals surface area contributed by atoms with E-state index in [-0.39, 0.29) is 24.2 Å². The minimum atomic E-state index is -0.330. The second-order valence-electron chi connectivity index (χ2n) is 5.20. The zero-order valence-electron chi connectivity index (χ0n) is 11.8. The Bertz CT molecular complexity index is 577. The third kappa shape index (κ3) is 4.28. The number of primary amides is 1. The van der Waals surface area contributed by atoms with E-state index in [1.165, 1.54) is 12.1 Å². The van der Waals surface area contributed by atoms with Gasteiger partial charge in [-0.3, -0.25) is 9.69 Å². The van der Waals surface area contributed by atoms with Crippen molar-refractivity contribution in [2.45, 2.75) is 19.4 Å². The van der Waals surface area contributed by atoms with Crippen LogP contribution in [0.25, 0.3) is 0 Å². The lowest BCUT2D eigenvalue weighted by molar-refractivity contribution is -0.121. The van der Waals surface area contributed by atoms with E-state index in [2.05, 4.69) is 16.7 Å². The van der Waals surface area contributed by atoms with Gasteiger partial charge in [-0.1, -0.05) is 17.9 Å². The number of aliphatic hydroxyl groups is 1. The lowest BCUT2D eigenvalue weighted by atomic mass is 10.1. The maximum Gasteiger partial charge on any atom is 0.221 e. The van der Waals surface area contributed by atoms with Gasteiger partial charge in [-0.05, 0) is 30.7 Å². The van der Waals surface area contributed by atoms with Crippen LogP contribution in [0.4, 0.5) is 4.39 Å². The highest BCUT2D eigenvalue weighted by atomic mass is 19.1. The summed E-state index contributed by atoms with van der Waals surface area (Å²) in [5.74, 6) is 5.01. The number of nitrogens with two attached hydrogens (primary N) is 1. The molecule has 1 fully saturated rings. The summed E-state index contributed by atoms with van der Waals surface area (Å²) in [7, 11) is 0. The van der Waals surface area contributed by atoms with Crippen molar-refractivity contribution in [3.63, 3.8) is 0 Å². The molecule has 1 aliphatic heterocycles. The van der Waals surface area contributed by atoms with Gasteiger partial charge in [0.25, 0.3) is 0 Å². The number of aliphatic hydroxyl groups excluding tert-OH is 1. The summed E-state index contributed by atoms with van der Waals surface area (Å²) in [6.45, 7) is 2.04. The second kappa shape index (κ2) is 7.21. The van der Waals surface area contributed by atoms with E-state index < -0.39 is 0 Å². The fourth-order valence-electron chi connectivity index (χ4n) is 2.47. The van der Waals surface area contributed by atoms with Crippen LogP contribution >= 0.6 is 0 Å². The van der Waals surface area contributed by atoms with Gasteiger partial charge in [-0.15, -0.1) is 0 Å². The van der Waals surface area contributed by atoms with Crippen molar-refractivity contribution in [1.29, 1.82) is 0 Å². The number of carbonyl (C=O) groups excluding carboxylic acids is 1. The minimum Gasteiger partial charge on any atom is -0.395 e. The molecule has 0 aliphatic carbocycles. The summed E-state index contributed by atoms with van der Waals surface area (Å²) in [5, 5.41) is 8.75. The average Bonchev–Trinajstić information content (AvgIpc) is 2.91. The summed E-state index contributed by atoms with van der Waals surface area (Å²) in [5.41, 5.74) is 6.88. The van der Waals surface area contributed by atoms with E-state index in [9.17, 15) is 9.18 Å². The van der Waals surface area contributed by atoms with E-state index in [0.29, 0.717) is 25.1 Å². The molecule has 1 atom stereocenters. The fraction of sp³-hybridized carbons (Fsp3) is 0.438.